The minimum Gasteiger partial charge on any atom is -0.494 e. The number of ether oxygens (including phenoxy) is 1. The molecule has 0 fully saturated rings. The van der Waals surface area contributed by atoms with E-state index in [0.717, 1.165) is 5.75 Å². The highest BCUT2D eigenvalue weighted by atomic mass is 16.5. The molecule has 0 aliphatic rings. The van der Waals surface area contributed by atoms with Gasteiger partial charge in [-0.25, -0.2) is 0 Å². The molecule has 1 aromatic rings. The molecule has 4 heteroatoms. The van der Waals surface area contributed by atoms with E-state index in [0.29, 0.717) is 31.7 Å². The molecule has 0 unspecified atom stereocenters. The summed E-state index contributed by atoms with van der Waals surface area (Å²) >= 11 is 0. The third kappa shape index (κ3) is 4.56. The van der Waals surface area contributed by atoms with Crippen LogP contribution in [0.25, 0.3) is 0 Å². The summed E-state index contributed by atoms with van der Waals surface area (Å²) in [5.74, 6) is 0.824. The number of carbonyl (C=O) groups is 1. The predicted octanol–water partition coefficient (Wildman–Crippen LogP) is 2.11. The van der Waals surface area contributed by atoms with Crippen molar-refractivity contribution in [1.29, 1.82) is 5.26 Å². The number of hydrogen-bond donors (Lipinski definition) is 0. The first kappa shape index (κ1) is 14.2. The second-order valence-corrected chi connectivity index (χ2v) is 4.03. The van der Waals surface area contributed by atoms with Crippen molar-refractivity contribution in [1.82, 2.24) is 4.90 Å². The Kier molecular flexibility index (Phi) is 5.89. The Hall–Kier alpha value is -1.86. The van der Waals surface area contributed by atoms with Crippen molar-refractivity contribution in [2.24, 2.45) is 0 Å². The molecule has 0 saturated carbocycles. The largest absolute Gasteiger partial charge is 0.494 e. The van der Waals surface area contributed by atoms with Gasteiger partial charge in [0.15, 0.2) is 5.78 Å². The zero-order valence-corrected chi connectivity index (χ0v) is 10.8. The minimum atomic E-state index is 0.0542. The number of hydrogen-bond acceptors (Lipinski definition) is 4. The lowest BCUT2D eigenvalue weighted by Gasteiger charge is -2.13. The third-order valence-electron chi connectivity index (χ3n) is 2.51. The lowest BCUT2D eigenvalue weighted by atomic mass is 10.1. The zero-order chi connectivity index (χ0) is 13.4. The normalized spacial score (nSPS) is 10.1. The summed E-state index contributed by atoms with van der Waals surface area (Å²) in [6.07, 6.45) is 0.438. The van der Waals surface area contributed by atoms with Crippen LogP contribution in [0.2, 0.25) is 0 Å². The smallest absolute Gasteiger partial charge is 0.176 e. The maximum atomic E-state index is 11.9. The summed E-state index contributed by atoms with van der Waals surface area (Å²) in [5, 5.41) is 8.47. The van der Waals surface area contributed by atoms with Gasteiger partial charge in [-0.2, -0.15) is 5.26 Å². The van der Waals surface area contributed by atoms with Gasteiger partial charge in [-0.15, -0.1) is 0 Å². The molecule has 1 aromatic carbocycles. The number of nitriles is 1. The topological polar surface area (TPSA) is 53.3 Å². The molecule has 0 saturated heterocycles. The van der Waals surface area contributed by atoms with Gasteiger partial charge >= 0.3 is 0 Å². The van der Waals surface area contributed by atoms with E-state index in [1.165, 1.54) is 0 Å². The average Bonchev–Trinajstić information content (AvgIpc) is 2.37. The fourth-order valence-electron chi connectivity index (χ4n) is 1.56. The molecule has 0 aliphatic carbocycles. The van der Waals surface area contributed by atoms with Crippen molar-refractivity contribution < 1.29 is 9.53 Å². The predicted molar refractivity (Wildman–Crippen MR) is 69.7 cm³/mol. The van der Waals surface area contributed by atoms with Crippen molar-refractivity contribution >= 4 is 5.78 Å². The van der Waals surface area contributed by atoms with Crippen molar-refractivity contribution in [3.63, 3.8) is 0 Å². The molecule has 96 valence electrons. The van der Waals surface area contributed by atoms with E-state index in [4.69, 9.17) is 10.00 Å². The van der Waals surface area contributed by atoms with Crippen LogP contribution in [0.3, 0.4) is 0 Å². The second-order valence-electron chi connectivity index (χ2n) is 4.03. The van der Waals surface area contributed by atoms with Gasteiger partial charge in [0.05, 0.1) is 19.2 Å². The number of ketones is 1. The SMILES string of the molecule is CCOc1ccc(C(=O)CN(C)CCC#N)cc1. The van der Waals surface area contributed by atoms with Gasteiger partial charge in [0.25, 0.3) is 0 Å². The van der Waals surface area contributed by atoms with Gasteiger partial charge in [-0.3, -0.25) is 9.69 Å². The Morgan fingerprint density at radius 3 is 2.61 bits per heavy atom. The Balaban J connectivity index is 2.53. The molecule has 0 radical (unpaired) electrons. The highest BCUT2D eigenvalue weighted by Crippen LogP contribution is 2.12. The summed E-state index contributed by atoms with van der Waals surface area (Å²) in [4.78, 5) is 13.8. The summed E-state index contributed by atoms with van der Waals surface area (Å²) < 4.78 is 5.32. The summed E-state index contributed by atoms with van der Waals surface area (Å²) in [6, 6.07) is 9.20. The van der Waals surface area contributed by atoms with Crippen molar-refractivity contribution in [2.75, 3.05) is 26.7 Å². The second kappa shape index (κ2) is 7.46. The molecular formula is C14H18N2O2. The van der Waals surface area contributed by atoms with Gasteiger partial charge in [-0.05, 0) is 38.2 Å². The minimum absolute atomic E-state index is 0.0542. The van der Waals surface area contributed by atoms with Crippen LogP contribution in [-0.4, -0.2) is 37.4 Å². The fraction of sp³-hybridized carbons (Fsp3) is 0.429. The van der Waals surface area contributed by atoms with Crippen molar-refractivity contribution in [3.05, 3.63) is 29.8 Å². The van der Waals surface area contributed by atoms with Gasteiger partial charge in [0.1, 0.15) is 5.75 Å². The Morgan fingerprint density at radius 2 is 2.06 bits per heavy atom. The van der Waals surface area contributed by atoms with E-state index in [1.54, 1.807) is 24.3 Å². The molecule has 18 heavy (non-hydrogen) atoms. The maximum Gasteiger partial charge on any atom is 0.176 e. The standard InChI is InChI=1S/C14H18N2O2/c1-3-18-13-7-5-12(6-8-13)14(17)11-16(2)10-4-9-15/h5-8H,3-4,10-11H2,1-2H3. The summed E-state index contributed by atoms with van der Waals surface area (Å²) in [5.41, 5.74) is 0.669. The van der Waals surface area contributed by atoms with Crippen LogP contribution < -0.4 is 4.74 Å². The molecule has 0 heterocycles. The Labute approximate surface area is 108 Å². The van der Waals surface area contributed by atoms with Crippen LogP contribution in [0.4, 0.5) is 0 Å². The highest BCUT2D eigenvalue weighted by molar-refractivity contribution is 5.97. The average molecular weight is 246 g/mol. The Morgan fingerprint density at radius 1 is 1.39 bits per heavy atom. The third-order valence-corrected chi connectivity index (χ3v) is 2.51. The van der Waals surface area contributed by atoms with E-state index in [1.807, 2.05) is 18.9 Å². The van der Waals surface area contributed by atoms with Crippen LogP contribution in [0, 0.1) is 11.3 Å². The number of nitrogens with zero attached hydrogens (tertiary/aromatic N) is 2. The molecule has 0 aliphatic heterocycles. The number of benzene rings is 1. The van der Waals surface area contributed by atoms with Gasteiger partial charge in [0.2, 0.25) is 0 Å². The van der Waals surface area contributed by atoms with Crippen LogP contribution >= 0.6 is 0 Å². The number of carbonyl (C=O) groups excluding carboxylic acids is 1. The van der Waals surface area contributed by atoms with Gasteiger partial charge < -0.3 is 4.74 Å². The molecule has 0 spiro atoms. The van der Waals surface area contributed by atoms with E-state index in [-0.39, 0.29) is 5.78 Å². The zero-order valence-electron chi connectivity index (χ0n) is 10.8. The maximum absolute atomic E-state index is 11.9. The molecule has 0 aromatic heterocycles. The number of likely N-dealkylation sites (N-methyl/N-ethyl adjacent to an activating group) is 1. The summed E-state index contributed by atoms with van der Waals surface area (Å²) in [6.45, 7) is 3.47. The van der Waals surface area contributed by atoms with Crippen LogP contribution in [0.1, 0.15) is 23.7 Å². The molecule has 0 atom stereocenters. The van der Waals surface area contributed by atoms with Gasteiger partial charge in [-0.1, -0.05) is 0 Å². The quantitative estimate of drug-likeness (QED) is 0.691. The van der Waals surface area contributed by atoms with E-state index in [2.05, 4.69) is 6.07 Å². The molecule has 0 bridgehead atoms. The highest BCUT2D eigenvalue weighted by Gasteiger charge is 2.09. The summed E-state index contributed by atoms with van der Waals surface area (Å²) in [7, 11) is 1.84. The molecule has 1 rings (SSSR count). The fourth-order valence-corrected chi connectivity index (χ4v) is 1.56. The first-order valence-electron chi connectivity index (χ1n) is 5.99. The van der Waals surface area contributed by atoms with E-state index in [9.17, 15) is 4.79 Å². The van der Waals surface area contributed by atoms with Crippen LogP contribution in [-0.2, 0) is 0 Å². The monoisotopic (exact) mass is 246 g/mol. The van der Waals surface area contributed by atoms with E-state index < -0.39 is 0 Å². The number of rotatable bonds is 7. The van der Waals surface area contributed by atoms with Crippen LogP contribution in [0.5, 0.6) is 5.75 Å². The lowest BCUT2D eigenvalue weighted by molar-refractivity contribution is 0.0947. The van der Waals surface area contributed by atoms with E-state index >= 15 is 0 Å². The van der Waals surface area contributed by atoms with Crippen molar-refractivity contribution in [3.8, 4) is 11.8 Å². The molecule has 4 nitrogen and oxygen atoms in total. The Bertz CT molecular complexity index is 420. The van der Waals surface area contributed by atoms with Crippen LogP contribution in [0.15, 0.2) is 24.3 Å². The first-order valence-corrected chi connectivity index (χ1v) is 5.99. The lowest BCUT2D eigenvalue weighted by Crippen LogP contribution is -2.26. The molecule has 0 amide bonds. The van der Waals surface area contributed by atoms with Gasteiger partial charge in [0, 0.05) is 18.5 Å². The molecular weight excluding hydrogens is 228 g/mol. The first-order chi connectivity index (χ1) is 8.67. The molecule has 0 N–H and O–H groups in total. The number of Topliss-reactive ketones (excluding diaryl/α,β-unsaturated/α-hetero) is 1. The van der Waals surface area contributed by atoms with Crippen molar-refractivity contribution in [2.45, 2.75) is 13.3 Å².